The molecule has 0 aliphatic heterocycles. The van der Waals surface area contributed by atoms with Crippen LogP contribution in [0.5, 0.6) is 23.0 Å². The van der Waals surface area contributed by atoms with Gasteiger partial charge in [-0.25, -0.2) is 0 Å². The fourth-order valence-corrected chi connectivity index (χ4v) is 2.62. The molecule has 28 heavy (non-hydrogen) atoms. The number of aromatic hydroxyl groups is 1. The Morgan fingerprint density at radius 3 is 2.36 bits per heavy atom. The molecule has 0 aromatic heterocycles. The Bertz CT molecular complexity index is 831. The number of carbonyl (C=O) groups is 1. The van der Waals surface area contributed by atoms with Crippen LogP contribution in [-0.2, 0) is 0 Å². The molecule has 0 saturated carbocycles. The number of aliphatic hydroxyl groups is 3. The molecule has 2 aromatic carbocycles. The summed E-state index contributed by atoms with van der Waals surface area (Å²) in [6.07, 6.45) is -1.51. The zero-order valence-electron chi connectivity index (χ0n) is 15.9. The lowest BCUT2D eigenvalue weighted by Gasteiger charge is -2.30. The summed E-state index contributed by atoms with van der Waals surface area (Å²) in [4.78, 5) is 11.9. The average molecular weight is 392 g/mol. The lowest BCUT2D eigenvalue weighted by Crippen LogP contribution is -2.39. The number of aliphatic hydroxyl groups excluding tert-OH is 2. The summed E-state index contributed by atoms with van der Waals surface area (Å²) in [7, 11) is 2.74. The predicted molar refractivity (Wildman–Crippen MR) is 99.9 cm³/mol. The molecule has 4 N–H and O–H groups in total. The number of rotatable bonds is 9. The molecule has 0 aliphatic rings. The number of phenolic OH excluding ortho intramolecular Hbond substituents is 1. The van der Waals surface area contributed by atoms with Gasteiger partial charge in [-0.2, -0.15) is 0 Å². The molecule has 0 amide bonds. The van der Waals surface area contributed by atoms with E-state index in [0.717, 1.165) is 0 Å². The van der Waals surface area contributed by atoms with Crippen LogP contribution in [0.15, 0.2) is 36.4 Å². The normalized spacial score (nSPS) is 14.1. The van der Waals surface area contributed by atoms with E-state index in [2.05, 4.69) is 0 Å². The number of ether oxygens (including phenoxy) is 3. The molecule has 0 bridgehead atoms. The van der Waals surface area contributed by atoms with E-state index in [1.807, 2.05) is 0 Å². The second-order valence-electron chi connectivity index (χ2n) is 6.25. The van der Waals surface area contributed by atoms with E-state index in [1.54, 1.807) is 0 Å². The van der Waals surface area contributed by atoms with E-state index in [9.17, 15) is 20.1 Å². The van der Waals surface area contributed by atoms with Crippen molar-refractivity contribution in [2.75, 3.05) is 20.8 Å². The molecular weight excluding hydrogens is 368 g/mol. The smallest absolute Gasteiger partial charge is 0.235 e. The van der Waals surface area contributed by atoms with Gasteiger partial charge in [-0.15, -0.1) is 0 Å². The first-order valence-corrected chi connectivity index (χ1v) is 8.52. The van der Waals surface area contributed by atoms with E-state index >= 15 is 0 Å². The number of phenols is 1. The Morgan fingerprint density at radius 1 is 1.07 bits per heavy atom. The van der Waals surface area contributed by atoms with Crippen molar-refractivity contribution >= 4 is 5.78 Å². The van der Waals surface area contributed by atoms with Crippen molar-refractivity contribution in [3.8, 4) is 23.0 Å². The Balaban J connectivity index is 2.28. The minimum absolute atomic E-state index is 0.0253. The van der Waals surface area contributed by atoms with Gasteiger partial charge in [0, 0.05) is 18.9 Å². The van der Waals surface area contributed by atoms with Gasteiger partial charge >= 0.3 is 0 Å². The minimum Gasteiger partial charge on any atom is -0.504 e. The number of methoxy groups -OCH3 is 2. The van der Waals surface area contributed by atoms with Gasteiger partial charge < -0.3 is 34.6 Å². The topological polar surface area (TPSA) is 126 Å². The van der Waals surface area contributed by atoms with Crippen LogP contribution in [0.3, 0.4) is 0 Å². The SMILES string of the molecule is COc1cc(C(O)C(C)(O)Oc2ccc(C(=O)CCO)cc2OC)ccc1O. The van der Waals surface area contributed by atoms with Crippen molar-refractivity contribution in [1.29, 1.82) is 0 Å². The minimum atomic E-state index is -2.06. The van der Waals surface area contributed by atoms with Crippen molar-refractivity contribution in [2.24, 2.45) is 0 Å². The van der Waals surface area contributed by atoms with Crippen molar-refractivity contribution in [3.63, 3.8) is 0 Å². The molecule has 0 saturated heterocycles. The maximum absolute atomic E-state index is 11.9. The van der Waals surface area contributed by atoms with Crippen molar-refractivity contribution in [1.82, 2.24) is 0 Å². The van der Waals surface area contributed by atoms with Gasteiger partial charge in [-0.3, -0.25) is 4.79 Å². The largest absolute Gasteiger partial charge is 0.504 e. The highest BCUT2D eigenvalue weighted by Gasteiger charge is 2.35. The lowest BCUT2D eigenvalue weighted by molar-refractivity contribution is -0.195. The van der Waals surface area contributed by atoms with Crippen LogP contribution >= 0.6 is 0 Å². The fourth-order valence-electron chi connectivity index (χ4n) is 2.62. The summed E-state index contributed by atoms with van der Waals surface area (Å²) in [5.74, 6) is -2.01. The molecule has 2 unspecified atom stereocenters. The van der Waals surface area contributed by atoms with E-state index < -0.39 is 11.9 Å². The molecule has 2 rings (SSSR count). The molecule has 2 aromatic rings. The first-order chi connectivity index (χ1) is 13.2. The van der Waals surface area contributed by atoms with Gasteiger partial charge in [0.15, 0.2) is 28.8 Å². The van der Waals surface area contributed by atoms with Crippen LogP contribution in [0.1, 0.15) is 35.4 Å². The monoisotopic (exact) mass is 392 g/mol. The maximum Gasteiger partial charge on any atom is 0.235 e. The summed E-state index contributed by atoms with van der Waals surface area (Å²) in [6.45, 7) is 0.998. The molecule has 152 valence electrons. The highest BCUT2D eigenvalue weighted by molar-refractivity contribution is 5.96. The summed E-state index contributed by atoms with van der Waals surface area (Å²) in [5, 5.41) is 39.8. The molecule has 0 aliphatic carbocycles. The third kappa shape index (κ3) is 4.72. The summed E-state index contributed by atoms with van der Waals surface area (Å²) < 4.78 is 15.8. The number of benzene rings is 2. The predicted octanol–water partition coefficient (Wildman–Crippen LogP) is 1.80. The highest BCUT2D eigenvalue weighted by atomic mass is 16.6. The van der Waals surface area contributed by atoms with Crippen molar-refractivity contribution in [3.05, 3.63) is 47.5 Å². The highest BCUT2D eigenvalue weighted by Crippen LogP contribution is 2.37. The van der Waals surface area contributed by atoms with Gasteiger partial charge in [0.2, 0.25) is 5.79 Å². The van der Waals surface area contributed by atoms with Gasteiger partial charge in [0.25, 0.3) is 0 Å². The molecular formula is C20H24O8. The Kier molecular flexibility index (Phi) is 6.85. The van der Waals surface area contributed by atoms with Crippen molar-refractivity contribution in [2.45, 2.75) is 25.2 Å². The molecule has 8 nitrogen and oxygen atoms in total. The van der Waals surface area contributed by atoms with Crippen LogP contribution in [0, 0.1) is 0 Å². The van der Waals surface area contributed by atoms with Crippen LogP contribution in [-0.4, -0.2) is 52.8 Å². The summed E-state index contributed by atoms with van der Waals surface area (Å²) >= 11 is 0. The average Bonchev–Trinajstić information content (AvgIpc) is 2.68. The van der Waals surface area contributed by atoms with Gasteiger partial charge in [0.05, 0.1) is 20.8 Å². The number of carbonyl (C=O) groups excluding carboxylic acids is 1. The lowest BCUT2D eigenvalue weighted by atomic mass is 10.0. The molecule has 8 heteroatoms. The Hall–Kier alpha value is -2.81. The molecule has 0 spiro atoms. The van der Waals surface area contributed by atoms with Gasteiger partial charge in [-0.05, 0) is 35.9 Å². The van der Waals surface area contributed by atoms with Crippen molar-refractivity contribution < 1.29 is 39.4 Å². The number of hydrogen-bond donors (Lipinski definition) is 4. The summed E-state index contributed by atoms with van der Waals surface area (Å²) in [5.41, 5.74) is 0.579. The third-order valence-corrected chi connectivity index (χ3v) is 4.17. The number of ketones is 1. The quantitative estimate of drug-likeness (QED) is 0.376. The van der Waals surface area contributed by atoms with E-state index in [0.29, 0.717) is 5.56 Å². The van der Waals surface area contributed by atoms with Crippen LogP contribution in [0.2, 0.25) is 0 Å². The standard InChI is InChI=1S/C20H24O8/c1-20(25,19(24)13-4-6-15(23)17(11-13)26-2)28-16-7-5-12(10-18(16)27-3)14(22)8-9-21/h4-7,10-11,19,21,23-25H,8-9H2,1-3H3. The fraction of sp³-hybridized carbons (Fsp3) is 0.350. The third-order valence-electron chi connectivity index (χ3n) is 4.17. The van der Waals surface area contributed by atoms with E-state index in [4.69, 9.17) is 19.3 Å². The summed E-state index contributed by atoms with van der Waals surface area (Å²) in [6, 6.07) is 8.47. The van der Waals surface area contributed by atoms with E-state index in [-0.39, 0.29) is 47.4 Å². The van der Waals surface area contributed by atoms with Gasteiger partial charge in [-0.1, -0.05) is 6.07 Å². The molecule has 2 atom stereocenters. The first kappa shape index (κ1) is 21.5. The molecule has 0 fully saturated rings. The van der Waals surface area contributed by atoms with Crippen LogP contribution < -0.4 is 14.2 Å². The Labute approximate surface area is 162 Å². The zero-order chi connectivity index (χ0) is 20.9. The maximum atomic E-state index is 11.9. The Morgan fingerprint density at radius 2 is 1.75 bits per heavy atom. The van der Waals surface area contributed by atoms with E-state index in [1.165, 1.54) is 57.5 Å². The second-order valence-corrected chi connectivity index (χ2v) is 6.25. The van der Waals surface area contributed by atoms with Gasteiger partial charge in [0.1, 0.15) is 6.10 Å². The molecule has 0 heterocycles. The molecule has 0 radical (unpaired) electrons. The zero-order valence-corrected chi connectivity index (χ0v) is 15.9. The van der Waals surface area contributed by atoms with Crippen LogP contribution in [0.4, 0.5) is 0 Å². The number of Topliss-reactive ketones (excluding diaryl/α,β-unsaturated/α-hetero) is 1. The number of hydrogen-bond acceptors (Lipinski definition) is 8. The van der Waals surface area contributed by atoms with Crippen LogP contribution in [0.25, 0.3) is 0 Å². The first-order valence-electron chi connectivity index (χ1n) is 8.52. The second kappa shape index (κ2) is 8.92.